The number of carbonyl (C=O) groups excluding carboxylic acids is 2. The zero-order chi connectivity index (χ0) is 27.9. The lowest BCUT2D eigenvalue weighted by atomic mass is 9.91. The first-order chi connectivity index (χ1) is 19.6. The van der Waals surface area contributed by atoms with E-state index in [2.05, 4.69) is 19.9 Å². The fraction of sp³-hybridized carbons (Fsp3) is 0.176. The number of fused-ring (bicyclic) bond motifs is 2. The molecule has 6 nitrogen and oxygen atoms in total. The SMILES string of the molecule is CCc1ccc2c(OCC(=O)Oc3ccccc3)c3ccccc3c(OCC(=O)Oc3ccccc3)c2c1CC. The van der Waals surface area contributed by atoms with E-state index in [1.54, 1.807) is 48.5 Å². The topological polar surface area (TPSA) is 71.1 Å². The molecule has 5 aromatic rings. The van der Waals surface area contributed by atoms with Crippen LogP contribution < -0.4 is 18.9 Å². The molecule has 0 aliphatic rings. The molecule has 0 aromatic heterocycles. The van der Waals surface area contributed by atoms with Gasteiger partial charge in [0.1, 0.15) is 23.0 Å². The van der Waals surface area contributed by atoms with Gasteiger partial charge < -0.3 is 18.9 Å². The molecule has 0 saturated heterocycles. The summed E-state index contributed by atoms with van der Waals surface area (Å²) >= 11 is 0. The normalized spacial score (nSPS) is 10.8. The van der Waals surface area contributed by atoms with E-state index in [-0.39, 0.29) is 13.2 Å². The highest BCUT2D eigenvalue weighted by molar-refractivity contribution is 6.12. The van der Waals surface area contributed by atoms with Crippen molar-refractivity contribution in [2.75, 3.05) is 13.2 Å². The van der Waals surface area contributed by atoms with Crippen LogP contribution in [0.15, 0.2) is 97.1 Å². The van der Waals surface area contributed by atoms with E-state index in [0.29, 0.717) is 23.0 Å². The molecular weight excluding hydrogens is 504 g/mol. The van der Waals surface area contributed by atoms with Crippen LogP contribution in [-0.4, -0.2) is 25.2 Å². The van der Waals surface area contributed by atoms with Gasteiger partial charge >= 0.3 is 11.9 Å². The van der Waals surface area contributed by atoms with Gasteiger partial charge in [-0.15, -0.1) is 0 Å². The first-order valence-electron chi connectivity index (χ1n) is 13.3. The largest absolute Gasteiger partial charge is 0.481 e. The molecule has 40 heavy (non-hydrogen) atoms. The minimum absolute atomic E-state index is 0.267. The Kier molecular flexibility index (Phi) is 8.26. The van der Waals surface area contributed by atoms with Crippen molar-refractivity contribution >= 4 is 33.5 Å². The Morgan fingerprint density at radius 2 is 1.05 bits per heavy atom. The molecule has 0 radical (unpaired) electrons. The molecule has 0 spiro atoms. The molecular formula is C34H30O6. The van der Waals surface area contributed by atoms with Crippen molar-refractivity contribution in [2.24, 2.45) is 0 Å². The molecule has 0 bridgehead atoms. The fourth-order valence-corrected chi connectivity index (χ4v) is 4.90. The van der Waals surface area contributed by atoms with Crippen LogP contribution in [0.2, 0.25) is 0 Å². The van der Waals surface area contributed by atoms with E-state index >= 15 is 0 Å². The second-order valence-corrected chi connectivity index (χ2v) is 9.19. The molecule has 5 aromatic carbocycles. The zero-order valence-electron chi connectivity index (χ0n) is 22.5. The summed E-state index contributed by atoms with van der Waals surface area (Å²) in [4.78, 5) is 25.4. The highest BCUT2D eigenvalue weighted by Gasteiger charge is 2.22. The summed E-state index contributed by atoms with van der Waals surface area (Å²) in [7, 11) is 0. The molecule has 0 aliphatic carbocycles. The summed E-state index contributed by atoms with van der Waals surface area (Å²) in [5.41, 5.74) is 2.28. The van der Waals surface area contributed by atoms with Crippen LogP contribution in [0.25, 0.3) is 21.5 Å². The minimum atomic E-state index is -0.506. The van der Waals surface area contributed by atoms with E-state index in [4.69, 9.17) is 18.9 Å². The molecule has 0 atom stereocenters. The molecule has 6 heteroatoms. The van der Waals surface area contributed by atoms with Crippen molar-refractivity contribution in [3.05, 3.63) is 108 Å². The van der Waals surface area contributed by atoms with Crippen LogP contribution in [0.3, 0.4) is 0 Å². The van der Waals surface area contributed by atoms with E-state index in [9.17, 15) is 9.59 Å². The average molecular weight is 535 g/mol. The molecule has 0 saturated carbocycles. The van der Waals surface area contributed by atoms with Crippen molar-refractivity contribution in [1.29, 1.82) is 0 Å². The number of esters is 2. The number of hydrogen-bond donors (Lipinski definition) is 0. The predicted octanol–water partition coefficient (Wildman–Crippen LogP) is 7.09. The Bertz CT molecular complexity index is 1640. The molecule has 5 rings (SSSR count). The number of aryl methyl sites for hydroxylation is 2. The van der Waals surface area contributed by atoms with Crippen LogP contribution in [0, 0.1) is 0 Å². The van der Waals surface area contributed by atoms with E-state index in [1.165, 1.54) is 5.56 Å². The zero-order valence-corrected chi connectivity index (χ0v) is 22.5. The van der Waals surface area contributed by atoms with E-state index < -0.39 is 11.9 Å². The van der Waals surface area contributed by atoms with E-state index in [0.717, 1.165) is 39.9 Å². The van der Waals surface area contributed by atoms with Crippen molar-refractivity contribution in [2.45, 2.75) is 26.7 Å². The predicted molar refractivity (Wildman–Crippen MR) is 155 cm³/mol. The van der Waals surface area contributed by atoms with Gasteiger partial charge in [-0.3, -0.25) is 0 Å². The van der Waals surface area contributed by atoms with Gasteiger partial charge in [0, 0.05) is 21.5 Å². The maximum Gasteiger partial charge on any atom is 0.349 e. The number of rotatable bonds is 10. The first kappa shape index (κ1) is 26.8. The second-order valence-electron chi connectivity index (χ2n) is 9.19. The summed E-state index contributed by atoms with van der Waals surface area (Å²) in [5.74, 6) is 1.05. The van der Waals surface area contributed by atoms with Gasteiger partial charge in [-0.1, -0.05) is 86.6 Å². The number of ether oxygens (including phenoxy) is 4. The highest BCUT2D eigenvalue weighted by atomic mass is 16.6. The molecule has 0 amide bonds. The van der Waals surface area contributed by atoms with Crippen LogP contribution in [0.5, 0.6) is 23.0 Å². The van der Waals surface area contributed by atoms with Gasteiger partial charge in [0.15, 0.2) is 13.2 Å². The second kappa shape index (κ2) is 12.3. The van der Waals surface area contributed by atoms with Crippen molar-refractivity contribution in [1.82, 2.24) is 0 Å². The third-order valence-electron chi connectivity index (χ3n) is 6.65. The Labute approximate surface area is 233 Å². The summed E-state index contributed by atoms with van der Waals surface area (Å²) in [6.07, 6.45) is 1.58. The van der Waals surface area contributed by atoms with Crippen LogP contribution in [0.1, 0.15) is 25.0 Å². The van der Waals surface area contributed by atoms with Gasteiger partial charge in [0.25, 0.3) is 0 Å². The monoisotopic (exact) mass is 534 g/mol. The summed E-state index contributed by atoms with van der Waals surface area (Å²) < 4.78 is 23.3. The number of benzene rings is 5. The van der Waals surface area contributed by atoms with Gasteiger partial charge in [-0.05, 0) is 48.2 Å². The van der Waals surface area contributed by atoms with Crippen LogP contribution in [-0.2, 0) is 22.4 Å². The molecule has 202 valence electrons. The smallest absolute Gasteiger partial charge is 0.349 e. The number of para-hydroxylation sites is 2. The first-order valence-corrected chi connectivity index (χ1v) is 13.3. The van der Waals surface area contributed by atoms with Crippen molar-refractivity contribution < 1.29 is 28.5 Å². The third-order valence-corrected chi connectivity index (χ3v) is 6.65. The fourth-order valence-electron chi connectivity index (χ4n) is 4.90. The van der Waals surface area contributed by atoms with Gasteiger partial charge in [-0.25, -0.2) is 9.59 Å². The van der Waals surface area contributed by atoms with Crippen molar-refractivity contribution in [3.8, 4) is 23.0 Å². The maximum absolute atomic E-state index is 12.7. The Hall–Kier alpha value is -4.84. The summed E-state index contributed by atoms with van der Waals surface area (Å²) in [5, 5.41) is 3.20. The summed E-state index contributed by atoms with van der Waals surface area (Å²) in [6.45, 7) is 3.66. The molecule has 0 unspecified atom stereocenters. The van der Waals surface area contributed by atoms with Crippen LogP contribution >= 0.6 is 0 Å². The summed E-state index contributed by atoms with van der Waals surface area (Å²) in [6, 6.07) is 29.5. The average Bonchev–Trinajstić information content (AvgIpc) is 2.99. The highest BCUT2D eigenvalue weighted by Crippen LogP contribution is 2.45. The lowest BCUT2D eigenvalue weighted by Gasteiger charge is -2.21. The lowest BCUT2D eigenvalue weighted by Crippen LogP contribution is -2.19. The minimum Gasteiger partial charge on any atom is -0.481 e. The molecule has 0 fully saturated rings. The molecule has 0 N–H and O–H groups in total. The third kappa shape index (κ3) is 5.76. The quantitative estimate of drug-likeness (QED) is 0.108. The Balaban J connectivity index is 1.54. The van der Waals surface area contributed by atoms with E-state index in [1.807, 2.05) is 42.5 Å². The van der Waals surface area contributed by atoms with Gasteiger partial charge in [-0.2, -0.15) is 0 Å². The number of carbonyl (C=O) groups is 2. The maximum atomic E-state index is 12.7. The van der Waals surface area contributed by atoms with Crippen molar-refractivity contribution in [3.63, 3.8) is 0 Å². The Morgan fingerprint density at radius 1 is 0.550 bits per heavy atom. The molecule has 0 aliphatic heterocycles. The standard InChI is InChI=1S/C34H30O6/c1-3-23-19-20-29-32(26(23)4-2)34(38-22-31(36)40-25-15-9-6-10-16-25)28-18-12-11-17-27(28)33(29)37-21-30(35)39-24-13-7-5-8-14-24/h5-20H,3-4,21-22H2,1-2H3. The van der Waals surface area contributed by atoms with Gasteiger partial charge in [0.2, 0.25) is 0 Å². The number of hydrogen-bond acceptors (Lipinski definition) is 6. The molecule has 0 heterocycles. The van der Waals surface area contributed by atoms with Crippen LogP contribution in [0.4, 0.5) is 0 Å². The lowest BCUT2D eigenvalue weighted by molar-refractivity contribution is -0.137. The Morgan fingerprint density at radius 3 is 1.57 bits per heavy atom. The van der Waals surface area contributed by atoms with Gasteiger partial charge in [0.05, 0.1) is 0 Å².